The Kier molecular flexibility index (Phi) is 3.94. The van der Waals surface area contributed by atoms with Crippen molar-refractivity contribution in [2.45, 2.75) is 57.5 Å². The minimum Gasteiger partial charge on any atom is -0.354 e. The van der Waals surface area contributed by atoms with Crippen LogP contribution in [0.25, 0.3) is 0 Å². The third-order valence-corrected chi connectivity index (χ3v) is 3.95. The van der Waals surface area contributed by atoms with Crippen LogP contribution < -0.4 is 10.6 Å². The van der Waals surface area contributed by atoms with Gasteiger partial charge in [0.05, 0.1) is 0 Å². The van der Waals surface area contributed by atoms with Crippen molar-refractivity contribution in [2.24, 2.45) is 5.92 Å². The largest absolute Gasteiger partial charge is 0.354 e. The molecule has 2 N–H and O–H groups in total. The second-order valence-electron chi connectivity index (χ2n) is 5.58. The molecule has 92 valence electrons. The fourth-order valence-electron chi connectivity index (χ4n) is 2.53. The van der Waals surface area contributed by atoms with Gasteiger partial charge < -0.3 is 10.6 Å². The van der Waals surface area contributed by atoms with Crippen LogP contribution >= 0.6 is 0 Å². The molecule has 0 saturated heterocycles. The summed E-state index contributed by atoms with van der Waals surface area (Å²) in [5.41, 5.74) is -0.209. The third-order valence-electron chi connectivity index (χ3n) is 3.95. The summed E-state index contributed by atoms with van der Waals surface area (Å²) in [6.07, 6.45) is 5.57. The van der Waals surface area contributed by atoms with Crippen molar-refractivity contribution < 1.29 is 9.59 Å². The van der Waals surface area contributed by atoms with Crippen molar-refractivity contribution in [1.82, 2.24) is 10.6 Å². The zero-order chi connectivity index (χ0) is 12.2. The van der Waals surface area contributed by atoms with Crippen LogP contribution in [-0.2, 0) is 9.59 Å². The number of carbonyl (C=O) groups is 2. The van der Waals surface area contributed by atoms with E-state index in [1.54, 1.807) is 0 Å². The Morgan fingerprint density at radius 3 is 2.19 bits per heavy atom. The van der Waals surface area contributed by atoms with E-state index >= 15 is 0 Å². The fourth-order valence-corrected chi connectivity index (χ4v) is 2.53. The van der Waals surface area contributed by atoms with Gasteiger partial charge in [0, 0.05) is 11.1 Å². The molecule has 0 aromatic heterocycles. The van der Waals surface area contributed by atoms with Gasteiger partial charge in [0.25, 0.3) is 0 Å². The number of carbonyl (C=O) groups excluding carboxylic acids is 2. The number of nitrogens with one attached hydrogen (secondary N) is 2. The van der Waals surface area contributed by atoms with Gasteiger partial charge in [0.15, 0.2) is 0 Å². The fraction of sp³-hybridized carbons (Fsp3) is 0.833. The molecule has 1 rings (SSSR count). The highest BCUT2D eigenvalue weighted by Gasteiger charge is 2.37. The van der Waals surface area contributed by atoms with Crippen molar-refractivity contribution in [3.8, 4) is 0 Å². The Morgan fingerprint density at radius 2 is 1.75 bits per heavy atom. The van der Waals surface area contributed by atoms with Crippen LogP contribution in [0.5, 0.6) is 0 Å². The van der Waals surface area contributed by atoms with Gasteiger partial charge in [-0.25, -0.2) is 0 Å². The predicted octanol–water partition coefficient (Wildman–Crippen LogP) is 1.21. The second kappa shape index (κ2) is 4.85. The molecule has 0 bridgehead atoms. The van der Waals surface area contributed by atoms with E-state index in [9.17, 15) is 9.59 Å². The molecule has 0 spiro atoms. The Hall–Kier alpha value is -1.06. The summed E-state index contributed by atoms with van der Waals surface area (Å²) >= 11 is 0. The quantitative estimate of drug-likeness (QED) is 0.692. The molecule has 4 heteroatoms. The summed E-state index contributed by atoms with van der Waals surface area (Å²) < 4.78 is 0. The minimum atomic E-state index is -0.149. The Balaban J connectivity index is 2.54. The normalized spacial score (nSPS) is 30.6. The molecule has 0 aromatic carbocycles. The Labute approximate surface area is 97.2 Å². The van der Waals surface area contributed by atoms with Gasteiger partial charge in [-0.05, 0) is 52.4 Å². The lowest BCUT2D eigenvalue weighted by Gasteiger charge is -2.43. The summed E-state index contributed by atoms with van der Waals surface area (Å²) in [5.74, 6) is 0.485. The van der Waals surface area contributed by atoms with E-state index in [0.717, 1.165) is 38.5 Å². The van der Waals surface area contributed by atoms with Crippen molar-refractivity contribution in [3.05, 3.63) is 0 Å². The molecule has 1 aliphatic rings. The summed E-state index contributed by atoms with van der Waals surface area (Å²) in [4.78, 5) is 21.0. The molecular formula is C12H22N2O2. The van der Waals surface area contributed by atoms with Gasteiger partial charge in [-0.15, -0.1) is 0 Å². The van der Waals surface area contributed by atoms with Crippen LogP contribution in [0.4, 0.5) is 0 Å². The maximum atomic E-state index is 10.5. The van der Waals surface area contributed by atoms with Gasteiger partial charge in [-0.2, -0.15) is 0 Å². The van der Waals surface area contributed by atoms with Gasteiger partial charge >= 0.3 is 0 Å². The molecule has 0 aromatic rings. The maximum Gasteiger partial charge on any atom is 0.207 e. The lowest BCUT2D eigenvalue weighted by atomic mass is 9.71. The molecule has 0 radical (unpaired) electrons. The average Bonchev–Trinajstić information content (AvgIpc) is 2.18. The van der Waals surface area contributed by atoms with Crippen LogP contribution in [0.15, 0.2) is 0 Å². The predicted molar refractivity (Wildman–Crippen MR) is 62.8 cm³/mol. The summed E-state index contributed by atoms with van der Waals surface area (Å²) in [6, 6.07) is 0. The van der Waals surface area contributed by atoms with E-state index in [-0.39, 0.29) is 11.1 Å². The minimum absolute atomic E-state index is 0.0600. The lowest BCUT2D eigenvalue weighted by Crippen LogP contribution is -2.51. The van der Waals surface area contributed by atoms with Gasteiger partial charge in [0.2, 0.25) is 12.8 Å². The first-order chi connectivity index (χ1) is 7.43. The van der Waals surface area contributed by atoms with Crippen molar-refractivity contribution in [3.63, 3.8) is 0 Å². The third kappa shape index (κ3) is 2.97. The Bertz CT molecular complexity index is 256. The zero-order valence-electron chi connectivity index (χ0n) is 10.4. The van der Waals surface area contributed by atoms with E-state index in [1.807, 2.05) is 0 Å². The van der Waals surface area contributed by atoms with Crippen LogP contribution in [0.1, 0.15) is 46.5 Å². The standard InChI is InChI=1S/C12H22N2O2/c1-11(2,13-8-15)10-4-6-12(3,7-5-10)14-9-16/h8-10H,4-7H2,1-3H3,(H,13,15)(H,14,16). The summed E-state index contributed by atoms with van der Waals surface area (Å²) in [5, 5.41) is 5.77. The first kappa shape index (κ1) is 13.0. The van der Waals surface area contributed by atoms with Gasteiger partial charge in [-0.1, -0.05) is 0 Å². The van der Waals surface area contributed by atoms with E-state index in [0.29, 0.717) is 5.92 Å². The topological polar surface area (TPSA) is 58.2 Å². The molecule has 0 atom stereocenters. The van der Waals surface area contributed by atoms with Crippen LogP contribution in [-0.4, -0.2) is 23.9 Å². The van der Waals surface area contributed by atoms with E-state index in [4.69, 9.17) is 0 Å². The molecule has 1 aliphatic carbocycles. The van der Waals surface area contributed by atoms with Crippen LogP contribution in [0.3, 0.4) is 0 Å². The second-order valence-corrected chi connectivity index (χ2v) is 5.58. The molecule has 2 amide bonds. The molecule has 0 aliphatic heterocycles. The maximum absolute atomic E-state index is 10.5. The highest BCUT2D eigenvalue weighted by molar-refractivity contribution is 5.48. The van der Waals surface area contributed by atoms with Crippen molar-refractivity contribution in [2.75, 3.05) is 0 Å². The van der Waals surface area contributed by atoms with Gasteiger partial charge in [-0.3, -0.25) is 9.59 Å². The Morgan fingerprint density at radius 1 is 1.19 bits per heavy atom. The lowest BCUT2D eigenvalue weighted by molar-refractivity contribution is -0.111. The monoisotopic (exact) mass is 226 g/mol. The smallest absolute Gasteiger partial charge is 0.207 e. The number of amides is 2. The van der Waals surface area contributed by atoms with Crippen LogP contribution in [0, 0.1) is 5.92 Å². The molecule has 0 unspecified atom stereocenters. The molecule has 4 nitrogen and oxygen atoms in total. The first-order valence-corrected chi connectivity index (χ1v) is 5.86. The highest BCUT2D eigenvalue weighted by Crippen LogP contribution is 2.36. The van der Waals surface area contributed by atoms with E-state index in [2.05, 4.69) is 31.4 Å². The molecule has 1 fully saturated rings. The van der Waals surface area contributed by atoms with E-state index < -0.39 is 0 Å². The van der Waals surface area contributed by atoms with Crippen molar-refractivity contribution in [1.29, 1.82) is 0 Å². The average molecular weight is 226 g/mol. The SMILES string of the molecule is CC1(NC=O)CCC(C(C)(C)NC=O)CC1. The zero-order valence-corrected chi connectivity index (χ0v) is 10.4. The summed E-state index contributed by atoms with van der Waals surface area (Å²) in [6.45, 7) is 6.20. The number of rotatable bonds is 5. The number of hydrogen-bond acceptors (Lipinski definition) is 2. The van der Waals surface area contributed by atoms with Crippen LogP contribution in [0.2, 0.25) is 0 Å². The molecule has 16 heavy (non-hydrogen) atoms. The van der Waals surface area contributed by atoms with Crippen molar-refractivity contribution >= 4 is 12.8 Å². The molecule has 0 heterocycles. The number of hydrogen-bond donors (Lipinski definition) is 2. The summed E-state index contributed by atoms with van der Waals surface area (Å²) in [7, 11) is 0. The van der Waals surface area contributed by atoms with Gasteiger partial charge in [0.1, 0.15) is 0 Å². The van der Waals surface area contributed by atoms with E-state index in [1.165, 1.54) is 0 Å². The highest BCUT2D eigenvalue weighted by atomic mass is 16.1. The molecule has 1 saturated carbocycles. The molecular weight excluding hydrogens is 204 g/mol. The first-order valence-electron chi connectivity index (χ1n) is 5.86.